The van der Waals surface area contributed by atoms with E-state index in [1.54, 1.807) is 18.2 Å². The second-order valence-corrected chi connectivity index (χ2v) is 6.52. The molecular weight excluding hydrogens is 407 g/mol. The van der Waals surface area contributed by atoms with E-state index in [2.05, 4.69) is 5.10 Å². The van der Waals surface area contributed by atoms with Crippen molar-refractivity contribution >= 4 is 30.1 Å². The number of carbonyl (C=O) groups is 1. The molecule has 0 aliphatic carbocycles. The molecule has 11 heteroatoms. The van der Waals surface area contributed by atoms with Crippen molar-refractivity contribution in [1.29, 1.82) is 0 Å². The maximum absolute atomic E-state index is 13.3. The van der Waals surface area contributed by atoms with Gasteiger partial charge in [-0.25, -0.2) is 4.79 Å². The van der Waals surface area contributed by atoms with Gasteiger partial charge in [-0.15, -0.1) is 12.4 Å². The van der Waals surface area contributed by atoms with Gasteiger partial charge in [-0.05, 0) is 18.6 Å². The van der Waals surface area contributed by atoms with Crippen LogP contribution in [0.2, 0.25) is 0 Å². The molecule has 27 heavy (non-hydrogen) atoms. The number of aliphatic hydroxyl groups excluding tert-OH is 1. The van der Waals surface area contributed by atoms with Crippen molar-refractivity contribution in [3.05, 3.63) is 41.1 Å². The van der Waals surface area contributed by atoms with E-state index in [9.17, 15) is 18.0 Å². The first-order chi connectivity index (χ1) is 12.2. The first-order valence-corrected chi connectivity index (χ1v) is 8.35. The number of esters is 1. The first-order valence-electron chi connectivity index (χ1n) is 7.53. The van der Waals surface area contributed by atoms with Crippen LogP contribution in [-0.2, 0) is 24.4 Å². The summed E-state index contributed by atoms with van der Waals surface area (Å²) in [5.74, 6) is -0.597. The molecule has 2 rings (SSSR count). The molecule has 0 aliphatic rings. The summed E-state index contributed by atoms with van der Waals surface area (Å²) in [5.41, 5.74) is 4.71. The van der Waals surface area contributed by atoms with E-state index in [0.29, 0.717) is 4.90 Å². The molecule has 3 N–H and O–H groups in total. The van der Waals surface area contributed by atoms with Gasteiger partial charge in [0.2, 0.25) is 0 Å². The molecule has 0 fully saturated rings. The number of nitrogens with zero attached hydrogens (tertiary/aromatic N) is 2. The van der Waals surface area contributed by atoms with Crippen LogP contribution in [-0.4, -0.2) is 40.6 Å². The Labute approximate surface area is 164 Å². The van der Waals surface area contributed by atoms with Crippen molar-refractivity contribution in [2.75, 3.05) is 13.7 Å². The molecule has 1 atom stereocenters. The maximum Gasteiger partial charge on any atom is 0.435 e. The second-order valence-electron chi connectivity index (χ2n) is 5.49. The number of ether oxygens (including phenoxy) is 1. The van der Waals surface area contributed by atoms with Gasteiger partial charge < -0.3 is 15.6 Å². The van der Waals surface area contributed by atoms with E-state index >= 15 is 0 Å². The van der Waals surface area contributed by atoms with Crippen LogP contribution in [0.4, 0.5) is 13.2 Å². The number of carbonyl (C=O) groups excluding carboxylic acids is 1. The van der Waals surface area contributed by atoms with Crippen molar-refractivity contribution in [1.82, 2.24) is 9.78 Å². The summed E-state index contributed by atoms with van der Waals surface area (Å²) < 4.78 is 45.8. The van der Waals surface area contributed by atoms with E-state index in [-0.39, 0.29) is 35.0 Å². The lowest BCUT2D eigenvalue weighted by Crippen LogP contribution is -2.28. The zero-order chi connectivity index (χ0) is 19.5. The summed E-state index contributed by atoms with van der Waals surface area (Å²) in [7, 11) is 2.60. The highest BCUT2D eigenvalue weighted by atomic mass is 35.5. The predicted octanol–water partition coefficient (Wildman–Crippen LogP) is 2.66. The largest absolute Gasteiger partial charge is 0.465 e. The quantitative estimate of drug-likeness (QED) is 0.691. The van der Waals surface area contributed by atoms with Gasteiger partial charge in [0.05, 0.1) is 19.3 Å². The van der Waals surface area contributed by atoms with Crippen LogP contribution in [0.25, 0.3) is 0 Å². The number of benzene rings is 1. The van der Waals surface area contributed by atoms with Crippen LogP contribution in [0.5, 0.6) is 0 Å². The maximum atomic E-state index is 13.3. The fourth-order valence-electron chi connectivity index (χ4n) is 2.36. The van der Waals surface area contributed by atoms with E-state index in [4.69, 9.17) is 15.6 Å². The molecule has 1 heterocycles. The third-order valence-corrected chi connectivity index (χ3v) is 4.84. The number of halogens is 4. The molecular formula is C16H19ClF3N3O3S. The number of aliphatic hydroxyl groups is 1. The lowest BCUT2D eigenvalue weighted by molar-refractivity contribution is -0.142. The van der Waals surface area contributed by atoms with Gasteiger partial charge in [0, 0.05) is 23.5 Å². The highest BCUT2D eigenvalue weighted by Crippen LogP contribution is 2.39. The highest BCUT2D eigenvalue weighted by molar-refractivity contribution is 7.99. The Bertz CT molecular complexity index is 799. The van der Waals surface area contributed by atoms with Gasteiger partial charge in [-0.3, -0.25) is 4.68 Å². The smallest absolute Gasteiger partial charge is 0.435 e. The van der Waals surface area contributed by atoms with E-state index in [1.165, 1.54) is 20.2 Å². The summed E-state index contributed by atoms with van der Waals surface area (Å²) in [6, 6.07) is 5.55. The summed E-state index contributed by atoms with van der Waals surface area (Å²) >= 11 is 0.963. The molecule has 1 unspecified atom stereocenters. The monoisotopic (exact) mass is 425 g/mol. The standard InChI is InChI=1S/C16H18F3N3O3S.ClH/c1-22-14(26-12-6-4-3-5-10(12)15(24)25-2)11(7-9(20)8-23)13(21-22)16(17,18)19;/h3-6,9,23H,7-8,20H2,1-2H3;1H. The molecule has 0 bridgehead atoms. The summed E-state index contributed by atoms with van der Waals surface area (Å²) in [5, 5.41) is 12.9. The zero-order valence-electron chi connectivity index (χ0n) is 14.5. The van der Waals surface area contributed by atoms with Gasteiger partial charge in [0.25, 0.3) is 0 Å². The van der Waals surface area contributed by atoms with Gasteiger partial charge in [0.1, 0.15) is 5.03 Å². The summed E-state index contributed by atoms with van der Waals surface area (Å²) in [6.45, 7) is -0.463. The lowest BCUT2D eigenvalue weighted by Gasteiger charge is -2.13. The molecule has 0 amide bonds. The normalized spacial score (nSPS) is 12.4. The Hall–Kier alpha value is -1.75. The van der Waals surface area contributed by atoms with E-state index in [1.807, 2.05) is 0 Å². The van der Waals surface area contributed by atoms with Crippen molar-refractivity contribution in [2.24, 2.45) is 12.8 Å². The number of hydrogen-bond donors (Lipinski definition) is 2. The molecule has 6 nitrogen and oxygen atoms in total. The average molecular weight is 426 g/mol. The minimum absolute atomic E-state index is 0. The first kappa shape index (κ1) is 23.3. The lowest BCUT2D eigenvalue weighted by atomic mass is 10.1. The third-order valence-electron chi connectivity index (χ3n) is 3.56. The van der Waals surface area contributed by atoms with Gasteiger partial charge in [-0.1, -0.05) is 23.9 Å². The van der Waals surface area contributed by atoms with Crippen LogP contribution >= 0.6 is 24.2 Å². The minimum atomic E-state index is -4.66. The highest BCUT2D eigenvalue weighted by Gasteiger charge is 2.39. The van der Waals surface area contributed by atoms with E-state index in [0.717, 1.165) is 16.4 Å². The van der Waals surface area contributed by atoms with Gasteiger partial charge in [-0.2, -0.15) is 18.3 Å². The molecule has 2 aromatic rings. The number of rotatable bonds is 6. The Morgan fingerprint density at radius 2 is 2.04 bits per heavy atom. The molecule has 0 spiro atoms. The Kier molecular flexibility index (Phi) is 8.15. The fraction of sp³-hybridized carbons (Fsp3) is 0.375. The molecule has 0 saturated carbocycles. The topological polar surface area (TPSA) is 90.4 Å². The molecule has 0 aliphatic heterocycles. The van der Waals surface area contributed by atoms with Crippen LogP contribution in [0.15, 0.2) is 34.2 Å². The summed E-state index contributed by atoms with van der Waals surface area (Å²) in [6.07, 6.45) is -4.87. The Balaban J connectivity index is 0.00000364. The van der Waals surface area contributed by atoms with Crippen molar-refractivity contribution in [2.45, 2.75) is 28.6 Å². The number of alkyl halides is 3. The minimum Gasteiger partial charge on any atom is -0.465 e. The van der Waals surface area contributed by atoms with Crippen LogP contribution in [0.3, 0.4) is 0 Å². The van der Waals surface area contributed by atoms with Crippen molar-refractivity contribution in [3.63, 3.8) is 0 Å². The third kappa shape index (κ3) is 5.38. The van der Waals surface area contributed by atoms with Crippen LogP contribution in [0.1, 0.15) is 21.6 Å². The van der Waals surface area contributed by atoms with Crippen molar-refractivity contribution in [3.8, 4) is 0 Å². The SMILES string of the molecule is COC(=O)c1ccccc1Sc1c(CC(N)CO)c(C(F)(F)F)nn1C.Cl. The molecule has 1 aromatic carbocycles. The number of nitrogens with two attached hydrogens (primary N) is 1. The number of aryl methyl sites for hydroxylation is 1. The van der Waals surface area contributed by atoms with Gasteiger partial charge >= 0.3 is 12.1 Å². The van der Waals surface area contributed by atoms with Crippen molar-refractivity contribution < 1.29 is 27.8 Å². The Morgan fingerprint density at radius 3 is 2.59 bits per heavy atom. The second kappa shape index (κ2) is 9.45. The fourth-order valence-corrected chi connectivity index (χ4v) is 3.45. The summed E-state index contributed by atoms with van der Waals surface area (Å²) in [4.78, 5) is 12.3. The number of methoxy groups -OCH3 is 1. The Morgan fingerprint density at radius 1 is 1.41 bits per heavy atom. The molecule has 1 aromatic heterocycles. The average Bonchev–Trinajstić information content (AvgIpc) is 2.91. The molecule has 150 valence electrons. The van der Waals surface area contributed by atoms with Gasteiger partial charge in [0.15, 0.2) is 5.69 Å². The van der Waals surface area contributed by atoms with Crippen LogP contribution in [0, 0.1) is 0 Å². The zero-order valence-corrected chi connectivity index (χ0v) is 16.1. The number of hydrogen-bond acceptors (Lipinski definition) is 6. The van der Waals surface area contributed by atoms with Crippen LogP contribution < -0.4 is 5.73 Å². The number of aromatic nitrogens is 2. The molecule has 0 saturated heterocycles. The predicted molar refractivity (Wildman–Crippen MR) is 96.1 cm³/mol. The van der Waals surface area contributed by atoms with E-state index < -0.39 is 30.5 Å². The molecule has 0 radical (unpaired) electrons.